The zero-order chi connectivity index (χ0) is 18.0. The van der Waals surface area contributed by atoms with Crippen molar-refractivity contribution in [2.45, 2.75) is 12.8 Å². The van der Waals surface area contributed by atoms with E-state index in [9.17, 15) is 18.0 Å². The molecule has 0 atom stereocenters. The van der Waals surface area contributed by atoms with Gasteiger partial charge in [0, 0.05) is 11.8 Å². The van der Waals surface area contributed by atoms with Crippen LogP contribution in [-0.2, 0) is 10.7 Å². The molecule has 3 aromatic rings. The zero-order valence-electron chi connectivity index (χ0n) is 13.1. The molecule has 0 radical (unpaired) electrons. The van der Waals surface area contributed by atoms with Crippen LogP contribution in [0.3, 0.4) is 0 Å². The molecule has 0 fully saturated rings. The molecule has 0 aliphatic rings. The lowest BCUT2D eigenvalue weighted by Crippen LogP contribution is -2.33. The highest BCUT2D eigenvalue weighted by molar-refractivity contribution is 5.99. The molecule has 128 valence electrons. The molecule has 0 bridgehead atoms. The van der Waals surface area contributed by atoms with Gasteiger partial charge in [-0.15, -0.1) is 0 Å². The van der Waals surface area contributed by atoms with Crippen molar-refractivity contribution in [1.82, 2.24) is 15.2 Å². The highest BCUT2D eigenvalue weighted by atomic mass is 19.3. The number of amides is 1. The number of carbonyl (C=O) groups is 1. The van der Waals surface area contributed by atoms with E-state index in [0.717, 1.165) is 6.20 Å². The van der Waals surface area contributed by atoms with Crippen LogP contribution in [0.25, 0.3) is 11.3 Å². The van der Waals surface area contributed by atoms with E-state index in [4.69, 9.17) is 0 Å². The Hall–Kier alpha value is -3.16. The Morgan fingerprint density at radius 3 is 2.68 bits per heavy atom. The molecule has 0 saturated heterocycles. The Bertz CT molecular complexity index is 924. The Morgan fingerprint density at radius 1 is 1.20 bits per heavy atom. The van der Waals surface area contributed by atoms with Crippen molar-refractivity contribution < 1.29 is 18.0 Å². The number of hydrogen-bond acceptors (Lipinski definition) is 3. The number of nitrogens with zero attached hydrogens (tertiary/aromatic N) is 2. The molecule has 0 aliphatic carbocycles. The molecule has 3 rings (SSSR count). The minimum absolute atomic E-state index is 0.0524. The summed E-state index contributed by atoms with van der Waals surface area (Å²) in [5.74, 6) is -6.00. The highest BCUT2D eigenvalue weighted by Gasteiger charge is 2.44. The number of aromatic amines is 1. The third-order valence-electron chi connectivity index (χ3n) is 3.62. The number of nitrogens with one attached hydrogen (secondary N) is 2. The van der Waals surface area contributed by atoms with E-state index in [1.54, 1.807) is 6.07 Å². The van der Waals surface area contributed by atoms with Gasteiger partial charge >= 0.3 is 11.8 Å². The molecule has 1 amide bonds. The molecule has 0 aliphatic heterocycles. The van der Waals surface area contributed by atoms with Gasteiger partial charge in [-0.05, 0) is 30.7 Å². The van der Waals surface area contributed by atoms with E-state index < -0.39 is 23.3 Å². The smallest absolute Gasteiger partial charge is 0.317 e. The van der Waals surface area contributed by atoms with Gasteiger partial charge in [0.1, 0.15) is 11.5 Å². The van der Waals surface area contributed by atoms with Crippen molar-refractivity contribution >= 4 is 11.6 Å². The number of pyridine rings is 1. The van der Waals surface area contributed by atoms with Crippen molar-refractivity contribution in [2.75, 3.05) is 5.32 Å². The zero-order valence-corrected chi connectivity index (χ0v) is 13.1. The molecule has 2 aromatic heterocycles. The Labute approximate surface area is 140 Å². The van der Waals surface area contributed by atoms with Crippen LogP contribution < -0.4 is 5.32 Å². The summed E-state index contributed by atoms with van der Waals surface area (Å²) >= 11 is 0. The second-order valence-corrected chi connectivity index (χ2v) is 5.34. The maximum atomic E-state index is 14.4. The van der Waals surface area contributed by atoms with E-state index in [-0.39, 0.29) is 22.5 Å². The number of carbonyl (C=O) groups excluding carboxylic acids is 1. The van der Waals surface area contributed by atoms with Gasteiger partial charge in [0.2, 0.25) is 0 Å². The number of halogens is 3. The summed E-state index contributed by atoms with van der Waals surface area (Å²) in [6.45, 7) is 1.44. The molecule has 2 heterocycles. The van der Waals surface area contributed by atoms with Crippen molar-refractivity contribution in [3.63, 3.8) is 0 Å². The monoisotopic (exact) mass is 346 g/mol. The summed E-state index contributed by atoms with van der Waals surface area (Å²) in [5.41, 5.74) is -0.302. The largest absolute Gasteiger partial charge is 0.366 e. The van der Waals surface area contributed by atoms with Gasteiger partial charge in [0.05, 0.1) is 17.6 Å². The molecular formula is C17H13F3N4O. The number of alkyl halides is 2. The van der Waals surface area contributed by atoms with Crippen LogP contribution in [-0.4, -0.2) is 21.1 Å². The van der Waals surface area contributed by atoms with E-state index in [1.807, 2.05) is 0 Å². The molecule has 1 aromatic carbocycles. The van der Waals surface area contributed by atoms with E-state index >= 15 is 0 Å². The van der Waals surface area contributed by atoms with Crippen molar-refractivity contribution in [3.05, 3.63) is 65.9 Å². The first kappa shape index (κ1) is 16.7. The van der Waals surface area contributed by atoms with Crippen molar-refractivity contribution in [3.8, 4) is 11.3 Å². The molecular weight excluding hydrogens is 333 g/mol. The highest BCUT2D eigenvalue weighted by Crippen LogP contribution is 2.32. The van der Waals surface area contributed by atoms with Gasteiger partial charge in [0.15, 0.2) is 0 Å². The standard InChI is InChI=1S/C17H13F3N4O/c1-10-5-4-8-21-15(10)17(19,20)16(25)23-13-9-22-24-14(13)11-6-2-3-7-12(11)18/h2-9H,1H3,(H,22,24)(H,23,25). The summed E-state index contributed by atoms with van der Waals surface area (Å²) in [5, 5.41) is 8.30. The van der Waals surface area contributed by atoms with Crippen molar-refractivity contribution in [1.29, 1.82) is 0 Å². The first-order valence-electron chi connectivity index (χ1n) is 7.31. The van der Waals surface area contributed by atoms with E-state index in [1.165, 1.54) is 43.5 Å². The van der Waals surface area contributed by atoms with Crippen molar-refractivity contribution in [2.24, 2.45) is 0 Å². The van der Waals surface area contributed by atoms with E-state index in [0.29, 0.717) is 0 Å². The van der Waals surface area contributed by atoms with Gasteiger partial charge in [-0.25, -0.2) is 4.39 Å². The van der Waals surface area contributed by atoms with Crippen LogP contribution in [0, 0.1) is 12.7 Å². The van der Waals surface area contributed by atoms with Gasteiger partial charge in [-0.1, -0.05) is 18.2 Å². The van der Waals surface area contributed by atoms with Crippen LogP contribution >= 0.6 is 0 Å². The number of hydrogen-bond donors (Lipinski definition) is 2. The van der Waals surface area contributed by atoms with Gasteiger partial charge < -0.3 is 5.32 Å². The van der Waals surface area contributed by atoms with Crippen LogP contribution in [0.1, 0.15) is 11.3 Å². The quantitative estimate of drug-likeness (QED) is 0.757. The molecule has 0 spiro atoms. The van der Waals surface area contributed by atoms with Gasteiger partial charge in [0.25, 0.3) is 0 Å². The van der Waals surface area contributed by atoms with Crippen LogP contribution in [0.4, 0.5) is 18.9 Å². The number of benzene rings is 1. The second-order valence-electron chi connectivity index (χ2n) is 5.34. The molecule has 0 unspecified atom stereocenters. The number of aromatic nitrogens is 3. The average Bonchev–Trinajstić information content (AvgIpc) is 3.03. The predicted octanol–water partition coefficient (Wildman–Crippen LogP) is 3.65. The SMILES string of the molecule is Cc1cccnc1C(F)(F)C(=O)Nc1cn[nH]c1-c1ccccc1F. The maximum Gasteiger partial charge on any atom is 0.366 e. The summed E-state index contributed by atoms with van der Waals surface area (Å²) in [4.78, 5) is 15.7. The fourth-order valence-corrected chi connectivity index (χ4v) is 2.37. The van der Waals surface area contributed by atoms with Crippen LogP contribution in [0.2, 0.25) is 0 Å². The third kappa shape index (κ3) is 3.10. The minimum atomic E-state index is -3.85. The van der Waals surface area contributed by atoms with Gasteiger partial charge in [-0.3, -0.25) is 14.9 Å². The first-order chi connectivity index (χ1) is 11.9. The number of rotatable bonds is 4. The molecule has 2 N–H and O–H groups in total. The normalized spacial score (nSPS) is 11.4. The summed E-state index contributed by atoms with van der Waals surface area (Å²) in [6, 6.07) is 8.67. The lowest BCUT2D eigenvalue weighted by Gasteiger charge is -2.17. The number of anilines is 1. The maximum absolute atomic E-state index is 14.4. The fraction of sp³-hybridized carbons (Fsp3) is 0.118. The van der Waals surface area contributed by atoms with Gasteiger partial charge in [-0.2, -0.15) is 13.9 Å². The molecule has 5 nitrogen and oxygen atoms in total. The minimum Gasteiger partial charge on any atom is -0.317 e. The fourth-order valence-electron chi connectivity index (χ4n) is 2.37. The third-order valence-corrected chi connectivity index (χ3v) is 3.62. The molecule has 25 heavy (non-hydrogen) atoms. The van der Waals surface area contributed by atoms with Crippen LogP contribution in [0.5, 0.6) is 0 Å². The Kier molecular flexibility index (Phi) is 4.26. The summed E-state index contributed by atoms with van der Waals surface area (Å²) in [6.07, 6.45) is 2.33. The lowest BCUT2D eigenvalue weighted by atomic mass is 10.1. The Balaban J connectivity index is 1.92. The predicted molar refractivity (Wildman–Crippen MR) is 85.5 cm³/mol. The van der Waals surface area contributed by atoms with Crippen LogP contribution in [0.15, 0.2) is 48.8 Å². The topological polar surface area (TPSA) is 70.7 Å². The number of aryl methyl sites for hydroxylation is 1. The number of H-pyrrole nitrogens is 1. The lowest BCUT2D eigenvalue weighted by molar-refractivity contribution is -0.141. The van der Waals surface area contributed by atoms with E-state index in [2.05, 4.69) is 20.5 Å². The second kappa shape index (κ2) is 6.39. The Morgan fingerprint density at radius 2 is 1.96 bits per heavy atom. The molecule has 8 heteroatoms. The molecule has 0 saturated carbocycles. The first-order valence-corrected chi connectivity index (χ1v) is 7.31. The average molecular weight is 346 g/mol. The summed E-state index contributed by atoms with van der Waals surface area (Å²) < 4.78 is 42.8. The summed E-state index contributed by atoms with van der Waals surface area (Å²) in [7, 11) is 0.